The molecule has 0 aliphatic carbocycles. The normalized spacial score (nSPS) is 12.5. The number of amides is 1. The van der Waals surface area contributed by atoms with Crippen molar-refractivity contribution in [3.05, 3.63) is 0 Å². The summed E-state index contributed by atoms with van der Waals surface area (Å²) < 4.78 is 5.11. The van der Waals surface area contributed by atoms with Crippen LogP contribution in [0.3, 0.4) is 0 Å². The second-order valence-electron chi connectivity index (χ2n) is 5.05. The highest BCUT2D eigenvalue weighted by atomic mass is 16.5. The second kappa shape index (κ2) is 9.02. The van der Waals surface area contributed by atoms with Crippen molar-refractivity contribution in [2.75, 3.05) is 6.61 Å². The highest BCUT2D eigenvalue weighted by Crippen LogP contribution is 2.10. The lowest BCUT2D eigenvalue weighted by Gasteiger charge is -2.11. The van der Waals surface area contributed by atoms with Crippen LogP contribution in [0, 0.1) is 11.8 Å². The summed E-state index contributed by atoms with van der Waals surface area (Å²) in [5, 5.41) is 0. The molecule has 0 spiro atoms. The maximum absolute atomic E-state index is 11.3. The van der Waals surface area contributed by atoms with Gasteiger partial charge < -0.3 is 10.5 Å². The Morgan fingerprint density at radius 1 is 1.06 bits per heavy atom. The fourth-order valence-electron chi connectivity index (χ4n) is 1.39. The summed E-state index contributed by atoms with van der Waals surface area (Å²) in [4.78, 5) is 21.9. The van der Waals surface area contributed by atoms with Crippen molar-refractivity contribution in [2.45, 2.75) is 52.9 Å². The van der Waals surface area contributed by atoms with Crippen LogP contribution in [0.2, 0.25) is 0 Å². The van der Waals surface area contributed by atoms with E-state index in [1.54, 1.807) is 0 Å². The molecule has 0 aromatic rings. The molecule has 0 aliphatic heterocycles. The number of carbonyl (C=O) groups excluding carboxylic acids is 2. The average molecular weight is 243 g/mol. The van der Waals surface area contributed by atoms with Gasteiger partial charge in [0.25, 0.3) is 0 Å². The van der Waals surface area contributed by atoms with Gasteiger partial charge in [-0.3, -0.25) is 9.59 Å². The van der Waals surface area contributed by atoms with Crippen molar-refractivity contribution in [3.8, 4) is 0 Å². The molecule has 0 saturated carbocycles. The van der Waals surface area contributed by atoms with Crippen molar-refractivity contribution in [1.82, 2.24) is 0 Å². The topological polar surface area (TPSA) is 69.4 Å². The highest BCUT2D eigenvalue weighted by Gasteiger charge is 2.07. The van der Waals surface area contributed by atoms with Crippen molar-refractivity contribution in [2.24, 2.45) is 17.6 Å². The van der Waals surface area contributed by atoms with E-state index in [4.69, 9.17) is 10.5 Å². The predicted molar refractivity (Wildman–Crippen MR) is 67.2 cm³/mol. The summed E-state index contributed by atoms with van der Waals surface area (Å²) in [7, 11) is 0. The minimum atomic E-state index is -0.272. The number of hydrogen-bond acceptors (Lipinski definition) is 3. The summed E-state index contributed by atoms with van der Waals surface area (Å²) in [6.07, 6.45) is 3.32. The molecule has 0 bridgehead atoms. The standard InChI is InChI=1S/C13H25NO3/c1-10(2)4-7-13(16)17-9-8-11(3)5-6-12(14)15/h10-11H,4-9H2,1-3H3,(H2,14,15). The SMILES string of the molecule is CC(C)CCC(=O)OCCC(C)CCC(N)=O. The third-order valence-electron chi connectivity index (χ3n) is 2.68. The smallest absolute Gasteiger partial charge is 0.305 e. The summed E-state index contributed by atoms with van der Waals surface area (Å²) in [5.41, 5.74) is 5.06. The first-order chi connectivity index (χ1) is 7.91. The Morgan fingerprint density at radius 3 is 2.24 bits per heavy atom. The fourth-order valence-corrected chi connectivity index (χ4v) is 1.39. The number of esters is 1. The van der Waals surface area contributed by atoms with E-state index in [9.17, 15) is 9.59 Å². The van der Waals surface area contributed by atoms with Crippen LogP contribution in [0.25, 0.3) is 0 Å². The molecule has 100 valence electrons. The molecule has 1 unspecified atom stereocenters. The summed E-state index contributed by atoms with van der Waals surface area (Å²) in [5.74, 6) is 0.490. The molecule has 0 radical (unpaired) electrons. The van der Waals surface area contributed by atoms with Crippen LogP contribution in [0.15, 0.2) is 0 Å². The first-order valence-corrected chi connectivity index (χ1v) is 6.35. The van der Waals surface area contributed by atoms with Gasteiger partial charge in [0.15, 0.2) is 0 Å². The number of ether oxygens (including phenoxy) is 1. The molecule has 4 heteroatoms. The van der Waals surface area contributed by atoms with E-state index in [-0.39, 0.29) is 11.9 Å². The van der Waals surface area contributed by atoms with Gasteiger partial charge >= 0.3 is 5.97 Å². The Hall–Kier alpha value is -1.06. The minimum Gasteiger partial charge on any atom is -0.466 e. The average Bonchev–Trinajstić information content (AvgIpc) is 2.23. The van der Waals surface area contributed by atoms with Crippen molar-refractivity contribution in [1.29, 1.82) is 0 Å². The number of rotatable bonds is 9. The Kier molecular flexibility index (Phi) is 8.46. The van der Waals surface area contributed by atoms with Gasteiger partial charge in [0.05, 0.1) is 6.61 Å². The Balaban J connectivity index is 3.48. The zero-order chi connectivity index (χ0) is 13.3. The van der Waals surface area contributed by atoms with Crippen LogP contribution in [-0.2, 0) is 14.3 Å². The molecule has 4 nitrogen and oxygen atoms in total. The monoisotopic (exact) mass is 243 g/mol. The van der Waals surface area contributed by atoms with E-state index in [0.29, 0.717) is 31.3 Å². The Labute approximate surface area is 104 Å². The molecule has 1 amide bonds. The maximum Gasteiger partial charge on any atom is 0.305 e. The van der Waals surface area contributed by atoms with E-state index >= 15 is 0 Å². The third kappa shape index (κ3) is 11.2. The lowest BCUT2D eigenvalue weighted by Crippen LogP contribution is -2.13. The van der Waals surface area contributed by atoms with Crippen LogP contribution >= 0.6 is 0 Å². The van der Waals surface area contributed by atoms with E-state index in [1.165, 1.54) is 0 Å². The molecule has 17 heavy (non-hydrogen) atoms. The minimum absolute atomic E-state index is 0.124. The quantitative estimate of drug-likeness (QED) is 0.631. The molecule has 0 saturated heterocycles. The zero-order valence-corrected chi connectivity index (χ0v) is 11.2. The summed E-state index contributed by atoms with van der Waals surface area (Å²) in [6.45, 7) is 6.64. The number of nitrogens with two attached hydrogens (primary N) is 1. The highest BCUT2D eigenvalue weighted by molar-refractivity contribution is 5.73. The largest absolute Gasteiger partial charge is 0.466 e. The van der Waals surface area contributed by atoms with Crippen molar-refractivity contribution < 1.29 is 14.3 Å². The van der Waals surface area contributed by atoms with E-state index in [0.717, 1.165) is 19.3 Å². The fraction of sp³-hybridized carbons (Fsp3) is 0.846. The number of carbonyl (C=O) groups is 2. The lowest BCUT2D eigenvalue weighted by atomic mass is 10.0. The molecule has 0 aliphatic rings. The molecule has 0 heterocycles. The number of hydrogen-bond donors (Lipinski definition) is 1. The third-order valence-corrected chi connectivity index (χ3v) is 2.68. The molecular weight excluding hydrogens is 218 g/mol. The Morgan fingerprint density at radius 2 is 1.71 bits per heavy atom. The van der Waals surface area contributed by atoms with Crippen molar-refractivity contribution in [3.63, 3.8) is 0 Å². The molecule has 2 N–H and O–H groups in total. The van der Waals surface area contributed by atoms with Crippen LogP contribution in [0.4, 0.5) is 0 Å². The van der Waals surface area contributed by atoms with Crippen LogP contribution in [-0.4, -0.2) is 18.5 Å². The van der Waals surface area contributed by atoms with Crippen molar-refractivity contribution >= 4 is 11.9 Å². The predicted octanol–water partition coefficient (Wildman–Crippen LogP) is 2.26. The summed E-state index contributed by atoms with van der Waals surface area (Å²) >= 11 is 0. The van der Waals surface area contributed by atoms with Gasteiger partial charge in [0.2, 0.25) is 5.91 Å². The number of primary amides is 1. The van der Waals surface area contributed by atoms with E-state index < -0.39 is 0 Å². The van der Waals surface area contributed by atoms with E-state index in [1.807, 2.05) is 6.92 Å². The van der Waals surface area contributed by atoms with Gasteiger partial charge in [-0.25, -0.2) is 0 Å². The molecule has 0 aromatic carbocycles. The van der Waals surface area contributed by atoms with Crippen LogP contribution < -0.4 is 5.73 Å². The van der Waals surface area contributed by atoms with Gasteiger partial charge in [-0.05, 0) is 31.1 Å². The maximum atomic E-state index is 11.3. The first kappa shape index (κ1) is 15.9. The van der Waals surface area contributed by atoms with Gasteiger partial charge in [-0.1, -0.05) is 20.8 Å². The molecule has 0 fully saturated rings. The zero-order valence-electron chi connectivity index (χ0n) is 11.2. The van der Waals surface area contributed by atoms with Gasteiger partial charge in [0, 0.05) is 12.8 Å². The van der Waals surface area contributed by atoms with Crippen LogP contribution in [0.1, 0.15) is 52.9 Å². The Bertz CT molecular complexity index is 239. The van der Waals surface area contributed by atoms with E-state index in [2.05, 4.69) is 13.8 Å². The van der Waals surface area contributed by atoms with Gasteiger partial charge in [-0.15, -0.1) is 0 Å². The molecule has 1 atom stereocenters. The summed E-state index contributed by atoms with van der Waals surface area (Å²) in [6, 6.07) is 0. The van der Waals surface area contributed by atoms with Gasteiger partial charge in [0.1, 0.15) is 0 Å². The van der Waals surface area contributed by atoms with Crippen LogP contribution in [0.5, 0.6) is 0 Å². The first-order valence-electron chi connectivity index (χ1n) is 6.35. The second-order valence-corrected chi connectivity index (χ2v) is 5.05. The van der Waals surface area contributed by atoms with Gasteiger partial charge in [-0.2, -0.15) is 0 Å². The molecule has 0 rings (SSSR count). The molecule has 0 aromatic heterocycles. The lowest BCUT2D eigenvalue weighted by molar-refractivity contribution is -0.144. The molecular formula is C13H25NO3.